The second-order valence-corrected chi connectivity index (χ2v) is 6.13. The summed E-state index contributed by atoms with van der Waals surface area (Å²) in [5.41, 5.74) is 3.73. The zero-order valence-corrected chi connectivity index (χ0v) is 15.0. The Bertz CT molecular complexity index is 771. The highest BCUT2D eigenvalue weighted by atomic mass is 16.5. The molecule has 2 aromatic rings. The molecule has 1 aromatic carbocycles. The van der Waals surface area contributed by atoms with Crippen molar-refractivity contribution in [1.82, 2.24) is 20.4 Å². The molecule has 2 heterocycles. The maximum absolute atomic E-state index is 12.3. The van der Waals surface area contributed by atoms with Gasteiger partial charge in [-0.05, 0) is 19.1 Å². The van der Waals surface area contributed by atoms with E-state index < -0.39 is 0 Å². The van der Waals surface area contributed by atoms with Crippen LogP contribution in [0.3, 0.4) is 0 Å². The van der Waals surface area contributed by atoms with E-state index in [1.807, 2.05) is 22.9 Å². The average molecular weight is 356 g/mol. The summed E-state index contributed by atoms with van der Waals surface area (Å²) in [6, 6.07) is 9.12. The topological polar surface area (TPSA) is 85.2 Å². The predicted molar refractivity (Wildman–Crippen MR) is 96.5 cm³/mol. The summed E-state index contributed by atoms with van der Waals surface area (Å²) in [5, 5.41) is 10.9. The third-order valence-electron chi connectivity index (χ3n) is 4.38. The van der Waals surface area contributed by atoms with Gasteiger partial charge in [-0.3, -0.25) is 14.3 Å². The van der Waals surface area contributed by atoms with Gasteiger partial charge in [0.1, 0.15) is 0 Å². The normalized spacial score (nSPS) is 13.1. The summed E-state index contributed by atoms with van der Waals surface area (Å²) >= 11 is 0. The van der Waals surface area contributed by atoms with Crippen molar-refractivity contribution in [2.75, 3.05) is 13.2 Å². The maximum atomic E-state index is 12.3. The van der Waals surface area contributed by atoms with Gasteiger partial charge in [0.25, 0.3) is 5.91 Å². The zero-order valence-electron chi connectivity index (χ0n) is 15.0. The Morgan fingerprint density at radius 2 is 2.12 bits per heavy atom. The van der Waals surface area contributed by atoms with Crippen molar-refractivity contribution in [3.63, 3.8) is 0 Å². The number of hydrogen-bond donors (Lipinski definition) is 2. The minimum absolute atomic E-state index is 0.121. The van der Waals surface area contributed by atoms with Crippen LogP contribution in [0.5, 0.6) is 0 Å². The van der Waals surface area contributed by atoms with Crippen LogP contribution >= 0.6 is 0 Å². The first-order valence-corrected chi connectivity index (χ1v) is 8.96. The van der Waals surface area contributed by atoms with Gasteiger partial charge in [0, 0.05) is 36.3 Å². The van der Waals surface area contributed by atoms with Gasteiger partial charge in [-0.1, -0.05) is 18.2 Å². The molecule has 0 radical (unpaired) electrons. The number of esters is 1. The molecule has 0 saturated carbocycles. The molecule has 0 atom stereocenters. The summed E-state index contributed by atoms with van der Waals surface area (Å²) in [6.07, 6.45) is 1.16. The molecular weight excluding hydrogens is 332 g/mol. The second kappa shape index (κ2) is 8.62. The Morgan fingerprint density at radius 3 is 2.88 bits per heavy atom. The highest BCUT2D eigenvalue weighted by Gasteiger charge is 2.21. The van der Waals surface area contributed by atoms with Gasteiger partial charge in [0.2, 0.25) is 0 Å². The molecule has 0 aliphatic carbocycles. The van der Waals surface area contributed by atoms with Crippen molar-refractivity contribution in [3.8, 4) is 0 Å². The molecule has 0 spiro atoms. The van der Waals surface area contributed by atoms with Crippen molar-refractivity contribution in [1.29, 1.82) is 0 Å². The Balaban J connectivity index is 1.69. The smallest absolute Gasteiger partial charge is 0.307 e. The Hall–Kier alpha value is -2.67. The number of hydrogen-bond acceptors (Lipinski definition) is 5. The summed E-state index contributed by atoms with van der Waals surface area (Å²) in [7, 11) is 0. The van der Waals surface area contributed by atoms with E-state index in [1.54, 1.807) is 19.1 Å². The Kier molecular flexibility index (Phi) is 6.01. The minimum atomic E-state index is -0.218. The van der Waals surface area contributed by atoms with E-state index in [2.05, 4.69) is 15.7 Å². The molecule has 1 aromatic heterocycles. The molecule has 26 heavy (non-hydrogen) atoms. The average Bonchev–Trinajstić information content (AvgIpc) is 3.03. The monoisotopic (exact) mass is 356 g/mol. The van der Waals surface area contributed by atoms with Crippen LogP contribution in [0.15, 0.2) is 30.3 Å². The second-order valence-electron chi connectivity index (χ2n) is 6.13. The lowest BCUT2D eigenvalue weighted by molar-refractivity contribution is -0.143. The van der Waals surface area contributed by atoms with E-state index in [0.29, 0.717) is 31.7 Å². The first-order valence-electron chi connectivity index (χ1n) is 8.96. The fourth-order valence-electron chi connectivity index (χ4n) is 3.11. The van der Waals surface area contributed by atoms with Crippen molar-refractivity contribution in [3.05, 3.63) is 52.8 Å². The van der Waals surface area contributed by atoms with Gasteiger partial charge in [-0.2, -0.15) is 5.10 Å². The number of fused-ring (bicyclic) bond motifs is 1. The number of nitrogens with zero attached hydrogens (tertiary/aromatic N) is 2. The van der Waals surface area contributed by atoms with E-state index in [-0.39, 0.29) is 11.9 Å². The minimum Gasteiger partial charge on any atom is -0.466 e. The SMILES string of the molecule is CCOC(=O)CCn1nc(CNC(=O)c2ccccc2)c2c1CCNC2. The van der Waals surface area contributed by atoms with Crippen LogP contribution in [0, 0.1) is 0 Å². The lowest BCUT2D eigenvalue weighted by Crippen LogP contribution is -2.27. The molecule has 2 N–H and O–H groups in total. The number of carbonyl (C=O) groups excluding carboxylic acids is 2. The van der Waals surface area contributed by atoms with Gasteiger partial charge in [-0.25, -0.2) is 0 Å². The summed E-state index contributed by atoms with van der Waals surface area (Å²) in [4.78, 5) is 23.9. The lowest BCUT2D eigenvalue weighted by Gasteiger charge is -2.15. The van der Waals surface area contributed by atoms with E-state index in [0.717, 1.165) is 36.5 Å². The molecule has 0 bridgehead atoms. The number of rotatable bonds is 7. The van der Waals surface area contributed by atoms with Crippen molar-refractivity contribution in [2.45, 2.75) is 39.4 Å². The molecule has 0 unspecified atom stereocenters. The maximum Gasteiger partial charge on any atom is 0.307 e. The fourth-order valence-corrected chi connectivity index (χ4v) is 3.11. The lowest BCUT2D eigenvalue weighted by atomic mass is 10.1. The van der Waals surface area contributed by atoms with Gasteiger partial charge in [-0.15, -0.1) is 0 Å². The molecule has 0 fully saturated rings. The number of carbonyl (C=O) groups is 2. The number of ether oxygens (including phenoxy) is 1. The van der Waals surface area contributed by atoms with Gasteiger partial charge in [0.15, 0.2) is 0 Å². The molecule has 1 aliphatic heterocycles. The van der Waals surface area contributed by atoms with Gasteiger partial charge < -0.3 is 15.4 Å². The summed E-state index contributed by atoms with van der Waals surface area (Å²) < 4.78 is 6.88. The highest BCUT2D eigenvalue weighted by Crippen LogP contribution is 2.19. The van der Waals surface area contributed by atoms with Crippen LogP contribution in [0.4, 0.5) is 0 Å². The van der Waals surface area contributed by atoms with E-state index in [9.17, 15) is 9.59 Å². The van der Waals surface area contributed by atoms with Gasteiger partial charge in [0.05, 0.1) is 31.8 Å². The molecule has 7 heteroatoms. The largest absolute Gasteiger partial charge is 0.466 e. The van der Waals surface area contributed by atoms with Crippen LogP contribution in [0.25, 0.3) is 0 Å². The van der Waals surface area contributed by atoms with Crippen molar-refractivity contribution in [2.24, 2.45) is 0 Å². The van der Waals surface area contributed by atoms with Crippen LogP contribution in [-0.2, 0) is 35.6 Å². The molecule has 138 valence electrons. The highest BCUT2D eigenvalue weighted by molar-refractivity contribution is 5.94. The first-order chi connectivity index (χ1) is 12.7. The molecule has 7 nitrogen and oxygen atoms in total. The number of aromatic nitrogens is 2. The van der Waals surface area contributed by atoms with E-state index >= 15 is 0 Å². The number of aryl methyl sites for hydroxylation is 1. The van der Waals surface area contributed by atoms with Crippen molar-refractivity contribution < 1.29 is 14.3 Å². The summed E-state index contributed by atoms with van der Waals surface area (Å²) in [5.74, 6) is -0.339. The fraction of sp³-hybridized carbons (Fsp3) is 0.421. The van der Waals surface area contributed by atoms with Crippen molar-refractivity contribution >= 4 is 11.9 Å². The number of benzene rings is 1. The standard InChI is InChI=1S/C19H24N4O3/c1-2-26-18(24)9-11-23-17-8-10-20-12-15(17)16(22-23)13-21-19(25)14-6-4-3-5-7-14/h3-7,20H,2,8-13H2,1H3,(H,21,25). The molecule has 3 rings (SSSR count). The summed E-state index contributed by atoms with van der Waals surface area (Å²) in [6.45, 7) is 4.65. The molecular formula is C19H24N4O3. The predicted octanol–water partition coefficient (Wildman–Crippen LogP) is 1.41. The number of nitrogens with one attached hydrogen (secondary N) is 2. The number of amides is 1. The van der Waals surface area contributed by atoms with Gasteiger partial charge >= 0.3 is 5.97 Å². The van der Waals surface area contributed by atoms with Crippen LogP contribution in [0.1, 0.15) is 40.7 Å². The molecule has 0 saturated heterocycles. The first kappa shape index (κ1) is 18.1. The van der Waals surface area contributed by atoms with Crippen LogP contribution < -0.4 is 10.6 Å². The van der Waals surface area contributed by atoms with E-state index in [1.165, 1.54) is 0 Å². The third-order valence-corrected chi connectivity index (χ3v) is 4.38. The molecule has 1 aliphatic rings. The van der Waals surface area contributed by atoms with E-state index in [4.69, 9.17) is 4.74 Å². The third kappa shape index (κ3) is 4.29. The zero-order chi connectivity index (χ0) is 18.4. The quantitative estimate of drug-likeness (QED) is 0.733. The Labute approximate surface area is 152 Å². The van der Waals surface area contributed by atoms with Crippen LogP contribution in [0.2, 0.25) is 0 Å². The Morgan fingerprint density at radius 1 is 1.31 bits per heavy atom. The molecule has 1 amide bonds. The van der Waals surface area contributed by atoms with Crippen LogP contribution in [-0.4, -0.2) is 34.8 Å².